The maximum Gasteiger partial charge on any atom is 0.225 e. The van der Waals surface area contributed by atoms with Gasteiger partial charge in [0.25, 0.3) is 0 Å². The molecule has 1 amide bonds. The van der Waals surface area contributed by atoms with E-state index in [1.807, 2.05) is 0 Å². The van der Waals surface area contributed by atoms with E-state index in [4.69, 9.17) is 5.11 Å². The number of nitrogens with one attached hydrogen (secondary N) is 1. The summed E-state index contributed by atoms with van der Waals surface area (Å²) in [6, 6.07) is 3.51. The Morgan fingerprint density at radius 3 is 3.00 bits per heavy atom. The van der Waals surface area contributed by atoms with Crippen LogP contribution in [0.15, 0.2) is 18.3 Å². The van der Waals surface area contributed by atoms with Gasteiger partial charge in [-0.3, -0.25) is 4.79 Å². The lowest BCUT2D eigenvalue weighted by Crippen LogP contribution is -2.13. The fraction of sp³-hybridized carbons (Fsp3) is 0.467. The van der Waals surface area contributed by atoms with Gasteiger partial charge in [0.05, 0.1) is 6.61 Å². The topological polar surface area (TPSA) is 62.2 Å². The van der Waals surface area contributed by atoms with Crippen LogP contribution in [0.1, 0.15) is 38.7 Å². The molecule has 2 N–H and O–H groups in total. The highest BCUT2D eigenvalue weighted by molar-refractivity contribution is 5.89. The smallest absolute Gasteiger partial charge is 0.225 e. The number of rotatable bonds is 5. The van der Waals surface area contributed by atoms with Crippen LogP contribution in [0.3, 0.4) is 0 Å². The van der Waals surface area contributed by atoms with Crippen molar-refractivity contribution < 1.29 is 9.90 Å². The molecular formula is C15H20N2O2. The number of anilines is 1. The number of hydrogen-bond acceptors (Lipinski definition) is 3. The summed E-state index contributed by atoms with van der Waals surface area (Å²) >= 11 is 0. The maximum absolute atomic E-state index is 11.7. The third-order valence-corrected chi connectivity index (χ3v) is 2.45. The molecule has 0 aromatic carbocycles. The van der Waals surface area contributed by atoms with Crippen molar-refractivity contribution in [3.8, 4) is 11.8 Å². The molecule has 0 aliphatic rings. The molecule has 102 valence electrons. The Bertz CT molecular complexity index is 473. The second-order valence-electron chi connectivity index (χ2n) is 4.69. The Kier molecular flexibility index (Phi) is 6.62. The van der Waals surface area contributed by atoms with Crippen molar-refractivity contribution in [3.63, 3.8) is 0 Å². The summed E-state index contributed by atoms with van der Waals surface area (Å²) in [5, 5.41) is 11.4. The summed E-state index contributed by atoms with van der Waals surface area (Å²) in [5.74, 6) is 6.74. The van der Waals surface area contributed by atoms with Gasteiger partial charge in [-0.15, -0.1) is 0 Å². The minimum atomic E-state index is -0.0262. The lowest BCUT2D eigenvalue weighted by Gasteiger charge is -2.06. The number of hydrogen-bond donors (Lipinski definition) is 2. The van der Waals surface area contributed by atoms with Gasteiger partial charge < -0.3 is 10.4 Å². The third-order valence-electron chi connectivity index (χ3n) is 2.45. The first-order valence-corrected chi connectivity index (χ1v) is 6.47. The van der Waals surface area contributed by atoms with E-state index in [0.29, 0.717) is 24.6 Å². The molecule has 0 unspecified atom stereocenters. The summed E-state index contributed by atoms with van der Waals surface area (Å²) < 4.78 is 0. The highest BCUT2D eigenvalue weighted by Gasteiger charge is 2.04. The molecule has 0 bridgehead atoms. The van der Waals surface area contributed by atoms with E-state index in [2.05, 4.69) is 36.0 Å². The van der Waals surface area contributed by atoms with E-state index in [0.717, 1.165) is 12.0 Å². The molecule has 0 fully saturated rings. The fourth-order valence-electron chi connectivity index (χ4n) is 1.42. The molecule has 0 aliphatic carbocycles. The molecule has 19 heavy (non-hydrogen) atoms. The van der Waals surface area contributed by atoms with Crippen LogP contribution in [0.4, 0.5) is 5.82 Å². The van der Waals surface area contributed by atoms with Crippen LogP contribution in [0.5, 0.6) is 0 Å². The van der Waals surface area contributed by atoms with E-state index < -0.39 is 0 Å². The van der Waals surface area contributed by atoms with Crippen LogP contribution >= 0.6 is 0 Å². The van der Waals surface area contributed by atoms with Crippen molar-refractivity contribution in [2.24, 2.45) is 5.92 Å². The zero-order valence-corrected chi connectivity index (χ0v) is 11.4. The highest BCUT2D eigenvalue weighted by atomic mass is 16.2. The molecule has 0 saturated carbocycles. The van der Waals surface area contributed by atoms with E-state index in [9.17, 15) is 4.79 Å². The van der Waals surface area contributed by atoms with Crippen molar-refractivity contribution in [2.45, 2.75) is 33.1 Å². The standard InChI is InChI=1S/C15H20N2O2/c1-12(2)6-7-15(19)17-14-11-13(8-9-16-14)5-3-4-10-18/h8-9,11-12,18H,4,6-7,10H2,1-2H3,(H,16,17,19). The monoisotopic (exact) mass is 260 g/mol. The van der Waals surface area contributed by atoms with Gasteiger partial charge in [0.2, 0.25) is 5.91 Å². The summed E-state index contributed by atoms with van der Waals surface area (Å²) in [7, 11) is 0. The van der Waals surface area contributed by atoms with Crippen molar-refractivity contribution in [1.29, 1.82) is 0 Å². The summed E-state index contributed by atoms with van der Waals surface area (Å²) in [5.41, 5.74) is 0.780. The quantitative estimate of drug-likeness (QED) is 0.798. The lowest BCUT2D eigenvalue weighted by atomic mass is 10.1. The van der Waals surface area contributed by atoms with Gasteiger partial charge in [-0.1, -0.05) is 25.7 Å². The number of nitrogens with zero attached hydrogens (tertiary/aromatic N) is 1. The number of carbonyl (C=O) groups excluding carboxylic acids is 1. The zero-order valence-electron chi connectivity index (χ0n) is 11.4. The summed E-state index contributed by atoms with van der Waals surface area (Å²) in [6.07, 6.45) is 3.42. The second-order valence-corrected chi connectivity index (χ2v) is 4.69. The molecular weight excluding hydrogens is 240 g/mol. The van der Waals surface area contributed by atoms with Crippen LogP contribution < -0.4 is 5.32 Å². The zero-order chi connectivity index (χ0) is 14.1. The molecule has 0 spiro atoms. The average molecular weight is 260 g/mol. The maximum atomic E-state index is 11.7. The molecule has 1 rings (SSSR count). The van der Waals surface area contributed by atoms with Crippen LogP contribution in [-0.4, -0.2) is 22.6 Å². The molecule has 1 aromatic rings. The molecule has 4 heteroatoms. The Morgan fingerprint density at radius 2 is 2.32 bits per heavy atom. The van der Waals surface area contributed by atoms with E-state index in [1.54, 1.807) is 18.3 Å². The molecule has 0 atom stereocenters. The molecule has 0 aliphatic heterocycles. The van der Waals surface area contributed by atoms with Gasteiger partial charge in [0.15, 0.2) is 0 Å². The van der Waals surface area contributed by atoms with Crippen molar-refractivity contribution in [3.05, 3.63) is 23.9 Å². The molecule has 4 nitrogen and oxygen atoms in total. The number of aliphatic hydroxyl groups excluding tert-OH is 1. The molecule has 0 radical (unpaired) electrons. The first-order chi connectivity index (χ1) is 9.11. The Balaban J connectivity index is 2.57. The van der Waals surface area contributed by atoms with Gasteiger partial charge in [-0.05, 0) is 24.5 Å². The van der Waals surface area contributed by atoms with Gasteiger partial charge in [0.1, 0.15) is 5.82 Å². The fourth-order valence-corrected chi connectivity index (χ4v) is 1.42. The van der Waals surface area contributed by atoms with E-state index in [1.165, 1.54) is 0 Å². The van der Waals surface area contributed by atoms with Crippen LogP contribution in [0.25, 0.3) is 0 Å². The lowest BCUT2D eigenvalue weighted by molar-refractivity contribution is -0.116. The van der Waals surface area contributed by atoms with Gasteiger partial charge in [-0.25, -0.2) is 4.98 Å². The number of amides is 1. The van der Waals surface area contributed by atoms with Crippen LogP contribution in [-0.2, 0) is 4.79 Å². The first-order valence-electron chi connectivity index (χ1n) is 6.47. The SMILES string of the molecule is CC(C)CCC(=O)Nc1cc(C#CCCO)ccn1. The number of aliphatic hydroxyl groups is 1. The highest BCUT2D eigenvalue weighted by Crippen LogP contribution is 2.08. The van der Waals surface area contributed by atoms with Gasteiger partial charge in [-0.2, -0.15) is 0 Å². The largest absolute Gasteiger partial charge is 0.395 e. The molecule has 0 saturated heterocycles. The Hall–Kier alpha value is -1.86. The first kappa shape index (κ1) is 15.2. The predicted molar refractivity (Wildman–Crippen MR) is 75.5 cm³/mol. The minimum Gasteiger partial charge on any atom is -0.395 e. The van der Waals surface area contributed by atoms with Gasteiger partial charge >= 0.3 is 0 Å². The Morgan fingerprint density at radius 1 is 1.53 bits per heavy atom. The average Bonchev–Trinajstić information content (AvgIpc) is 2.37. The number of carbonyl (C=O) groups is 1. The Labute approximate surface area is 114 Å². The minimum absolute atomic E-state index is 0.0262. The molecule has 1 aromatic heterocycles. The van der Waals surface area contributed by atoms with Crippen molar-refractivity contribution >= 4 is 11.7 Å². The summed E-state index contributed by atoms with van der Waals surface area (Å²) in [6.45, 7) is 4.22. The number of aromatic nitrogens is 1. The molecule has 1 heterocycles. The van der Waals surface area contributed by atoms with Crippen LogP contribution in [0.2, 0.25) is 0 Å². The van der Waals surface area contributed by atoms with Crippen molar-refractivity contribution in [2.75, 3.05) is 11.9 Å². The van der Waals surface area contributed by atoms with E-state index in [-0.39, 0.29) is 12.5 Å². The normalized spacial score (nSPS) is 9.89. The number of pyridine rings is 1. The third kappa shape index (κ3) is 6.58. The van der Waals surface area contributed by atoms with Crippen molar-refractivity contribution in [1.82, 2.24) is 4.98 Å². The predicted octanol–water partition coefficient (Wildman–Crippen LogP) is 2.19. The second kappa shape index (κ2) is 8.28. The van der Waals surface area contributed by atoms with Gasteiger partial charge in [0, 0.05) is 24.6 Å². The summed E-state index contributed by atoms with van der Waals surface area (Å²) in [4.78, 5) is 15.8. The van der Waals surface area contributed by atoms with Crippen LogP contribution in [0, 0.1) is 17.8 Å². The van der Waals surface area contributed by atoms with E-state index >= 15 is 0 Å².